The molecular formula is C19H13N3O2S2. The van der Waals surface area contributed by atoms with Crippen molar-refractivity contribution in [1.82, 2.24) is 0 Å². The first kappa shape index (κ1) is 16.8. The molecule has 2 aliphatic heterocycles. The summed E-state index contributed by atoms with van der Waals surface area (Å²) in [6, 6.07) is 15.7. The Morgan fingerprint density at radius 2 is 1.65 bits per heavy atom. The SMILES string of the molecule is O=C(N=C1CN=Cc2ccccc2S1)OC1=CN=Cc2ccccc2S1. The molecule has 26 heavy (non-hydrogen) atoms. The van der Waals surface area contributed by atoms with Crippen LogP contribution in [0.1, 0.15) is 11.1 Å². The van der Waals surface area contributed by atoms with Gasteiger partial charge in [-0.15, -0.1) is 0 Å². The molecule has 2 aromatic carbocycles. The van der Waals surface area contributed by atoms with Crippen molar-refractivity contribution in [2.24, 2.45) is 15.0 Å². The zero-order valence-corrected chi connectivity index (χ0v) is 15.2. The lowest BCUT2D eigenvalue weighted by Crippen LogP contribution is -2.04. The number of rotatable bonds is 1. The van der Waals surface area contributed by atoms with E-state index in [0.29, 0.717) is 16.7 Å². The molecule has 0 unspecified atom stereocenters. The first-order chi connectivity index (χ1) is 12.8. The molecule has 2 aromatic rings. The molecule has 1 amide bonds. The lowest BCUT2D eigenvalue weighted by Gasteiger charge is -2.06. The Bertz CT molecular complexity index is 980. The average Bonchev–Trinajstić information content (AvgIpc) is 2.96. The van der Waals surface area contributed by atoms with E-state index in [1.807, 2.05) is 48.5 Å². The van der Waals surface area contributed by atoms with Crippen LogP contribution in [-0.4, -0.2) is 30.1 Å². The third-order valence-corrected chi connectivity index (χ3v) is 5.56. The summed E-state index contributed by atoms with van der Waals surface area (Å²) in [6.07, 6.45) is 4.39. The van der Waals surface area contributed by atoms with Crippen molar-refractivity contribution in [2.45, 2.75) is 9.79 Å². The predicted molar refractivity (Wildman–Crippen MR) is 107 cm³/mol. The van der Waals surface area contributed by atoms with Gasteiger partial charge in [-0.2, -0.15) is 4.99 Å². The van der Waals surface area contributed by atoms with Gasteiger partial charge in [0.15, 0.2) is 5.09 Å². The number of fused-ring (bicyclic) bond motifs is 2. The number of hydrogen-bond donors (Lipinski definition) is 0. The van der Waals surface area contributed by atoms with Gasteiger partial charge in [0.25, 0.3) is 0 Å². The van der Waals surface area contributed by atoms with E-state index in [2.05, 4.69) is 15.0 Å². The summed E-state index contributed by atoms with van der Waals surface area (Å²) in [7, 11) is 0. The molecule has 4 rings (SSSR count). The molecule has 0 spiro atoms. The van der Waals surface area contributed by atoms with Gasteiger partial charge in [0.05, 0.1) is 12.7 Å². The highest BCUT2D eigenvalue weighted by Gasteiger charge is 2.15. The number of aliphatic imine (C=N–C) groups is 3. The molecule has 7 heteroatoms. The second-order valence-electron chi connectivity index (χ2n) is 5.35. The number of amides is 1. The smallest absolute Gasteiger partial charge is 0.400 e. The van der Waals surface area contributed by atoms with E-state index >= 15 is 0 Å². The van der Waals surface area contributed by atoms with Crippen LogP contribution in [0.5, 0.6) is 0 Å². The molecule has 2 heterocycles. The van der Waals surface area contributed by atoms with Gasteiger partial charge in [0, 0.05) is 33.3 Å². The van der Waals surface area contributed by atoms with E-state index in [-0.39, 0.29) is 0 Å². The van der Waals surface area contributed by atoms with Crippen LogP contribution in [0.3, 0.4) is 0 Å². The molecule has 0 saturated carbocycles. The normalized spacial score (nSPS) is 16.9. The Morgan fingerprint density at radius 1 is 0.962 bits per heavy atom. The van der Waals surface area contributed by atoms with Crippen LogP contribution in [0.2, 0.25) is 0 Å². The Labute approximate surface area is 159 Å². The van der Waals surface area contributed by atoms with Gasteiger partial charge in [0.2, 0.25) is 0 Å². The maximum absolute atomic E-state index is 12.2. The molecule has 128 valence electrons. The van der Waals surface area contributed by atoms with Crippen LogP contribution in [-0.2, 0) is 4.74 Å². The van der Waals surface area contributed by atoms with Gasteiger partial charge >= 0.3 is 6.09 Å². The lowest BCUT2D eigenvalue weighted by molar-refractivity contribution is 0.194. The van der Waals surface area contributed by atoms with Crippen molar-refractivity contribution in [1.29, 1.82) is 0 Å². The number of thioether (sulfide) groups is 2. The Kier molecular flexibility index (Phi) is 4.99. The van der Waals surface area contributed by atoms with Gasteiger partial charge in [0.1, 0.15) is 5.04 Å². The molecule has 0 atom stereocenters. The van der Waals surface area contributed by atoms with Crippen LogP contribution in [0, 0.1) is 0 Å². The van der Waals surface area contributed by atoms with Gasteiger partial charge < -0.3 is 4.74 Å². The fraction of sp³-hybridized carbons (Fsp3) is 0.0526. The predicted octanol–water partition coefficient (Wildman–Crippen LogP) is 4.77. The lowest BCUT2D eigenvalue weighted by atomic mass is 10.2. The summed E-state index contributed by atoms with van der Waals surface area (Å²) < 4.78 is 5.38. The Hall–Kier alpha value is -2.64. The summed E-state index contributed by atoms with van der Waals surface area (Å²) in [5, 5.41) is 0.988. The van der Waals surface area contributed by atoms with Crippen molar-refractivity contribution < 1.29 is 9.53 Å². The van der Waals surface area contributed by atoms with Crippen molar-refractivity contribution in [2.75, 3.05) is 6.54 Å². The highest BCUT2D eigenvalue weighted by Crippen LogP contribution is 2.32. The third-order valence-electron chi connectivity index (χ3n) is 3.53. The highest BCUT2D eigenvalue weighted by atomic mass is 32.2. The first-order valence-electron chi connectivity index (χ1n) is 7.84. The quantitative estimate of drug-likeness (QED) is 0.716. The minimum atomic E-state index is -0.671. The van der Waals surface area contributed by atoms with Gasteiger partial charge in [-0.25, -0.2) is 4.79 Å². The number of carbonyl (C=O) groups is 1. The highest BCUT2D eigenvalue weighted by molar-refractivity contribution is 8.14. The first-order valence-corrected chi connectivity index (χ1v) is 9.47. The number of ether oxygens (including phenoxy) is 1. The van der Waals surface area contributed by atoms with Crippen molar-refractivity contribution in [3.63, 3.8) is 0 Å². The third kappa shape index (κ3) is 3.95. The second kappa shape index (κ2) is 7.72. The molecule has 0 fully saturated rings. The van der Waals surface area contributed by atoms with Crippen molar-refractivity contribution >= 4 is 47.1 Å². The van der Waals surface area contributed by atoms with Crippen LogP contribution < -0.4 is 0 Å². The summed E-state index contributed by atoms with van der Waals surface area (Å²) >= 11 is 2.78. The van der Waals surface area contributed by atoms with Crippen LogP contribution in [0.15, 0.2) is 84.6 Å². The maximum Gasteiger partial charge on any atom is 0.440 e. The molecule has 0 aromatic heterocycles. The van der Waals surface area contributed by atoms with Gasteiger partial charge in [-0.1, -0.05) is 48.2 Å². The molecule has 5 nitrogen and oxygen atoms in total. The largest absolute Gasteiger partial charge is 0.440 e. The summed E-state index contributed by atoms with van der Waals surface area (Å²) in [4.78, 5) is 26.8. The average molecular weight is 379 g/mol. The zero-order chi connectivity index (χ0) is 17.8. The molecule has 0 saturated heterocycles. The molecule has 0 N–H and O–H groups in total. The number of hydrogen-bond acceptors (Lipinski definition) is 6. The van der Waals surface area contributed by atoms with Gasteiger partial charge in [-0.05, 0) is 23.9 Å². The molecular weight excluding hydrogens is 366 g/mol. The summed E-state index contributed by atoms with van der Waals surface area (Å²) in [6.45, 7) is 0.349. The van der Waals surface area contributed by atoms with Crippen LogP contribution in [0.25, 0.3) is 0 Å². The van der Waals surface area contributed by atoms with Crippen LogP contribution in [0.4, 0.5) is 4.79 Å². The summed E-state index contributed by atoms with van der Waals surface area (Å²) in [5.74, 6) is 0. The monoisotopic (exact) mass is 379 g/mol. The molecule has 0 aliphatic carbocycles. The Morgan fingerprint density at radius 3 is 2.46 bits per heavy atom. The van der Waals surface area contributed by atoms with E-state index in [1.54, 1.807) is 12.4 Å². The van der Waals surface area contributed by atoms with E-state index in [9.17, 15) is 4.79 Å². The molecule has 0 bridgehead atoms. The topological polar surface area (TPSA) is 63.4 Å². The molecule has 0 radical (unpaired) electrons. The van der Waals surface area contributed by atoms with E-state index < -0.39 is 6.09 Å². The fourth-order valence-corrected chi connectivity index (χ4v) is 4.10. The van der Waals surface area contributed by atoms with Crippen molar-refractivity contribution in [3.05, 3.63) is 70.9 Å². The zero-order valence-electron chi connectivity index (χ0n) is 13.5. The minimum Gasteiger partial charge on any atom is -0.400 e. The van der Waals surface area contributed by atoms with Crippen molar-refractivity contribution in [3.8, 4) is 0 Å². The van der Waals surface area contributed by atoms with Crippen LogP contribution >= 0.6 is 23.5 Å². The van der Waals surface area contributed by atoms with Gasteiger partial charge in [-0.3, -0.25) is 9.98 Å². The summed E-state index contributed by atoms with van der Waals surface area (Å²) in [5.41, 5.74) is 2.00. The van der Waals surface area contributed by atoms with E-state index in [4.69, 9.17) is 4.74 Å². The standard InChI is InChI=1S/C19H13N3O2S2/c23-19(22-17-11-20-9-13-5-1-3-7-15(13)25-17)24-18-12-21-10-14-6-2-4-8-16(14)26-18/h1-10,12H,11H2. The van der Waals surface area contributed by atoms with E-state index in [1.165, 1.54) is 29.7 Å². The Balaban J connectivity index is 1.48. The number of benzene rings is 2. The fourth-order valence-electron chi connectivity index (χ4n) is 2.37. The van der Waals surface area contributed by atoms with E-state index in [0.717, 1.165) is 20.9 Å². The molecule has 2 aliphatic rings. The number of carbonyl (C=O) groups excluding carboxylic acids is 1. The second-order valence-corrected chi connectivity index (χ2v) is 7.51. The number of nitrogens with zero attached hydrogens (tertiary/aromatic N) is 3. The maximum atomic E-state index is 12.2. The minimum absolute atomic E-state index is 0.349.